The monoisotopic (exact) mass is 468 g/mol. The van der Waals surface area contributed by atoms with Crippen molar-refractivity contribution in [3.63, 3.8) is 0 Å². The zero-order valence-electron chi connectivity index (χ0n) is 18.9. The quantitative estimate of drug-likeness (QED) is 0.376. The van der Waals surface area contributed by atoms with Crippen molar-refractivity contribution in [1.29, 1.82) is 0 Å². The van der Waals surface area contributed by atoms with E-state index in [1.54, 1.807) is 60.7 Å². The van der Waals surface area contributed by atoms with Crippen molar-refractivity contribution in [3.8, 4) is 23.0 Å². The van der Waals surface area contributed by atoms with E-state index in [0.717, 1.165) is 12.7 Å². The second kappa shape index (κ2) is 10.4. The summed E-state index contributed by atoms with van der Waals surface area (Å²) in [4.78, 5) is 46.9. The molecule has 35 heavy (non-hydrogen) atoms. The summed E-state index contributed by atoms with van der Waals surface area (Å²) in [6.07, 6.45) is 0. The minimum Gasteiger partial charge on any atom is -0.464 e. The second-order valence-corrected chi connectivity index (χ2v) is 7.40. The molecule has 0 bridgehead atoms. The van der Waals surface area contributed by atoms with Gasteiger partial charge in [-0.25, -0.2) is 19.4 Å². The van der Waals surface area contributed by atoms with Crippen molar-refractivity contribution < 1.29 is 28.6 Å². The van der Waals surface area contributed by atoms with Crippen LogP contribution >= 0.6 is 0 Å². The topological polar surface area (TPSA) is 105 Å². The molecule has 1 aromatic heterocycles. The number of hydrogen-bond donors (Lipinski definition) is 0. The van der Waals surface area contributed by atoms with Gasteiger partial charge in [-0.2, -0.15) is 4.98 Å². The fraction of sp³-hybridized carbons (Fsp3) is 0.0741. The summed E-state index contributed by atoms with van der Waals surface area (Å²) >= 11 is 0. The Hall–Kier alpha value is -4.85. The van der Waals surface area contributed by atoms with Gasteiger partial charge in [0.1, 0.15) is 0 Å². The maximum Gasteiger partial charge on any atom is 0.360 e. The van der Waals surface area contributed by atoms with Gasteiger partial charge in [-0.1, -0.05) is 66.2 Å². The van der Waals surface area contributed by atoms with E-state index in [-0.39, 0.29) is 22.6 Å². The average Bonchev–Trinajstić information content (AvgIpc) is 2.90. The smallest absolute Gasteiger partial charge is 0.360 e. The molecule has 0 N–H and O–H groups in total. The number of benzene rings is 3. The highest BCUT2D eigenvalue weighted by Crippen LogP contribution is 2.33. The van der Waals surface area contributed by atoms with Crippen molar-refractivity contribution in [3.05, 3.63) is 107 Å². The van der Waals surface area contributed by atoms with Gasteiger partial charge in [0, 0.05) is 5.56 Å². The summed E-state index contributed by atoms with van der Waals surface area (Å²) < 4.78 is 15.9. The van der Waals surface area contributed by atoms with Gasteiger partial charge in [0.25, 0.3) is 5.88 Å². The molecule has 0 saturated carbocycles. The molecule has 0 spiro atoms. The molecule has 4 rings (SSSR count). The fourth-order valence-corrected chi connectivity index (χ4v) is 3.10. The van der Waals surface area contributed by atoms with Crippen molar-refractivity contribution in [2.24, 2.45) is 0 Å². The lowest BCUT2D eigenvalue weighted by atomic mass is 10.1. The number of methoxy groups -OCH3 is 1. The average molecular weight is 468 g/mol. The molecular formula is C27H20N2O6. The molecular weight excluding hydrogens is 448 g/mol. The summed E-state index contributed by atoms with van der Waals surface area (Å²) in [7, 11) is 1.16. The summed E-state index contributed by atoms with van der Waals surface area (Å²) in [5, 5.41) is 0. The van der Waals surface area contributed by atoms with Gasteiger partial charge in [-0.3, -0.25) is 0 Å². The molecule has 8 heteroatoms. The lowest BCUT2D eigenvalue weighted by Crippen LogP contribution is -2.18. The van der Waals surface area contributed by atoms with Crippen LogP contribution in [-0.4, -0.2) is 35.0 Å². The van der Waals surface area contributed by atoms with E-state index in [2.05, 4.69) is 9.97 Å². The highest BCUT2D eigenvalue weighted by Gasteiger charge is 2.28. The summed E-state index contributed by atoms with van der Waals surface area (Å²) in [5.41, 5.74) is 1.65. The highest BCUT2D eigenvalue weighted by atomic mass is 16.6. The van der Waals surface area contributed by atoms with Crippen molar-refractivity contribution in [2.45, 2.75) is 6.92 Å². The third-order valence-corrected chi connectivity index (χ3v) is 4.93. The molecule has 3 aromatic carbocycles. The molecule has 0 unspecified atom stereocenters. The largest absolute Gasteiger partial charge is 0.464 e. The van der Waals surface area contributed by atoms with Crippen LogP contribution in [0.5, 0.6) is 11.6 Å². The summed E-state index contributed by atoms with van der Waals surface area (Å²) in [6, 6.07) is 23.5. The number of esters is 3. The molecule has 4 aromatic rings. The molecule has 174 valence electrons. The van der Waals surface area contributed by atoms with Crippen LogP contribution in [0.4, 0.5) is 0 Å². The van der Waals surface area contributed by atoms with E-state index in [1.165, 1.54) is 12.1 Å². The van der Waals surface area contributed by atoms with Gasteiger partial charge >= 0.3 is 17.9 Å². The van der Waals surface area contributed by atoms with Gasteiger partial charge in [0.15, 0.2) is 11.5 Å². The zero-order valence-corrected chi connectivity index (χ0v) is 18.9. The molecule has 0 saturated heterocycles. The van der Waals surface area contributed by atoms with Gasteiger partial charge in [0.05, 0.1) is 18.2 Å². The van der Waals surface area contributed by atoms with Gasteiger partial charge in [0.2, 0.25) is 5.75 Å². The first-order chi connectivity index (χ1) is 17.0. The number of nitrogens with zero attached hydrogens (tertiary/aromatic N) is 2. The van der Waals surface area contributed by atoms with Crippen LogP contribution in [0, 0.1) is 6.92 Å². The third kappa shape index (κ3) is 5.39. The first-order valence-corrected chi connectivity index (χ1v) is 10.6. The van der Waals surface area contributed by atoms with E-state index in [1.807, 2.05) is 19.1 Å². The molecule has 0 fully saturated rings. The fourth-order valence-electron chi connectivity index (χ4n) is 3.10. The molecule has 0 atom stereocenters. The number of aromatic nitrogens is 2. The molecule has 8 nitrogen and oxygen atoms in total. The Labute approximate surface area is 201 Å². The summed E-state index contributed by atoms with van der Waals surface area (Å²) in [5.74, 6) is -3.18. The van der Waals surface area contributed by atoms with Gasteiger partial charge in [-0.05, 0) is 31.2 Å². The van der Waals surface area contributed by atoms with Gasteiger partial charge < -0.3 is 14.2 Å². The molecule has 0 radical (unpaired) electrons. The Bertz CT molecular complexity index is 1370. The first-order valence-electron chi connectivity index (χ1n) is 10.6. The first kappa shape index (κ1) is 23.3. The second-order valence-electron chi connectivity index (χ2n) is 7.40. The minimum absolute atomic E-state index is 0.0840. The van der Waals surface area contributed by atoms with Crippen molar-refractivity contribution in [2.75, 3.05) is 7.11 Å². The SMILES string of the molecule is COC(=O)c1nc(-c2ccc(C)cc2)nc(OC(=O)c2ccccc2)c1OC(=O)c1ccccc1. The highest BCUT2D eigenvalue weighted by molar-refractivity contribution is 5.97. The number of carbonyl (C=O) groups excluding carboxylic acids is 3. The Kier molecular flexibility index (Phi) is 6.92. The summed E-state index contributed by atoms with van der Waals surface area (Å²) in [6.45, 7) is 1.92. The Balaban J connectivity index is 1.85. The van der Waals surface area contributed by atoms with Crippen LogP contribution in [-0.2, 0) is 4.74 Å². The van der Waals surface area contributed by atoms with Crippen molar-refractivity contribution in [1.82, 2.24) is 9.97 Å². The van der Waals surface area contributed by atoms with E-state index in [9.17, 15) is 14.4 Å². The Morgan fingerprint density at radius 1 is 0.657 bits per heavy atom. The van der Waals surface area contributed by atoms with Crippen LogP contribution < -0.4 is 9.47 Å². The molecule has 0 aliphatic rings. The van der Waals surface area contributed by atoms with Crippen LogP contribution in [0.3, 0.4) is 0 Å². The number of hydrogen-bond acceptors (Lipinski definition) is 8. The number of rotatable bonds is 6. The van der Waals surface area contributed by atoms with Crippen LogP contribution in [0.25, 0.3) is 11.4 Å². The Morgan fingerprint density at radius 3 is 1.74 bits per heavy atom. The van der Waals surface area contributed by atoms with E-state index >= 15 is 0 Å². The van der Waals surface area contributed by atoms with Crippen molar-refractivity contribution >= 4 is 17.9 Å². The predicted octanol–water partition coefficient (Wildman–Crippen LogP) is 4.68. The normalized spacial score (nSPS) is 10.3. The molecule has 1 heterocycles. The minimum atomic E-state index is -0.895. The van der Waals surface area contributed by atoms with E-state index < -0.39 is 29.5 Å². The lowest BCUT2D eigenvalue weighted by Gasteiger charge is -2.14. The Morgan fingerprint density at radius 2 is 1.20 bits per heavy atom. The molecule has 0 aliphatic heterocycles. The zero-order chi connectivity index (χ0) is 24.8. The maximum absolute atomic E-state index is 12.8. The number of carbonyl (C=O) groups is 3. The lowest BCUT2D eigenvalue weighted by molar-refractivity contribution is 0.0575. The number of ether oxygens (including phenoxy) is 3. The third-order valence-electron chi connectivity index (χ3n) is 4.93. The van der Waals surface area contributed by atoms with E-state index in [4.69, 9.17) is 14.2 Å². The van der Waals surface area contributed by atoms with Crippen LogP contribution in [0.15, 0.2) is 84.9 Å². The maximum atomic E-state index is 12.8. The molecule has 0 aliphatic carbocycles. The molecule has 0 amide bonds. The number of aryl methyl sites for hydroxylation is 1. The van der Waals surface area contributed by atoms with Crippen LogP contribution in [0.1, 0.15) is 36.8 Å². The van der Waals surface area contributed by atoms with Gasteiger partial charge in [-0.15, -0.1) is 0 Å². The predicted molar refractivity (Wildman–Crippen MR) is 126 cm³/mol. The standard InChI is InChI=1S/C27H20N2O6/c1-17-13-15-18(16-14-17)23-28-21(27(32)33-2)22(34-25(30)19-9-5-3-6-10-19)24(29-23)35-26(31)20-11-7-4-8-12-20/h3-16H,1-2H3. The van der Waals surface area contributed by atoms with E-state index in [0.29, 0.717) is 5.56 Å². The van der Waals surface area contributed by atoms with Crippen LogP contribution in [0.2, 0.25) is 0 Å².